The van der Waals surface area contributed by atoms with Crippen LogP contribution in [0, 0.1) is 5.92 Å². The maximum atomic E-state index is 12.5. The lowest BCUT2D eigenvalue weighted by Crippen LogP contribution is -2.41. The molecule has 2 aromatic rings. The van der Waals surface area contributed by atoms with Crippen LogP contribution in [0.3, 0.4) is 0 Å². The van der Waals surface area contributed by atoms with Gasteiger partial charge in [-0.1, -0.05) is 0 Å². The van der Waals surface area contributed by atoms with Crippen molar-refractivity contribution in [2.24, 2.45) is 5.92 Å². The van der Waals surface area contributed by atoms with Gasteiger partial charge in [0.1, 0.15) is 11.7 Å². The number of carbonyl (C=O) groups is 2. The van der Waals surface area contributed by atoms with Gasteiger partial charge in [0, 0.05) is 24.3 Å². The van der Waals surface area contributed by atoms with Crippen LogP contribution in [-0.4, -0.2) is 34.9 Å². The van der Waals surface area contributed by atoms with Crippen molar-refractivity contribution >= 4 is 34.0 Å². The lowest BCUT2D eigenvalue weighted by atomic mass is 9.93. The van der Waals surface area contributed by atoms with E-state index < -0.39 is 11.9 Å². The number of nitrogens with zero attached hydrogens (tertiary/aromatic N) is 3. The largest absolute Gasteiger partial charge is 0.465 e. The molecular weight excluding hydrogens is 290 g/mol. The molecule has 0 aliphatic carbocycles. The Morgan fingerprint density at radius 3 is 3.05 bits per heavy atom. The van der Waals surface area contributed by atoms with Crippen LogP contribution in [0.2, 0.25) is 0 Å². The number of hydrogen-bond donors (Lipinski definition) is 0. The summed E-state index contributed by atoms with van der Waals surface area (Å²) in [5, 5.41) is 2.55. The zero-order valence-electron chi connectivity index (χ0n) is 11.4. The Hall–Kier alpha value is -2.28. The molecule has 1 aliphatic heterocycles. The number of esters is 1. The number of anilines is 2. The third kappa shape index (κ3) is 2.40. The van der Waals surface area contributed by atoms with Crippen molar-refractivity contribution < 1.29 is 14.3 Å². The quantitative estimate of drug-likeness (QED) is 0.638. The van der Waals surface area contributed by atoms with Crippen LogP contribution >= 0.6 is 11.3 Å². The molecule has 0 saturated heterocycles. The molecule has 0 bridgehead atoms. The van der Waals surface area contributed by atoms with Crippen molar-refractivity contribution in [3.8, 4) is 0 Å². The monoisotopic (exact) mass is 303 g/mol. The Bertz CT molecular complexity index is 672. The summed E-state index contributed by atoms with van der Waals surface area (Å²) >= 11 is 1.43. The molecule has 0 saturated carbocycles. The smallest absolute Gasteiger partial charge is 0.318 e. The average molecular weight is 303 g/mol. The predicted molar refractivity (Wildman–Crippen MR) is 77.8 cm³/mol. The fourth-order valence-electron chi connectivity index (χ4n) is 2.29. The van der Waals surface area contributed by atoms with Crippen molar-refractivity contribution in [3.05, 3.63) is 35.5 Å². The van der Waals surface area contributed by atoms with Crippen LogP contribution in [-0.2, 0) is 9.53 Å². The van der Waals surface area contributed by atoms with Gasteiger partial charge in [0.2, 0.25) is 0 Å². The van der Waals surface area contributed by atoms with Crippen LogP contribution in [0.1, 0.15) is 17.3 Å². The van der Waals surface area contributed by atoms with E-state index in [0.29, 0.717) is 16.5 Å². The van der Waals surface area contributed by atoms with Crippen LogP contribution < -0.4 is 4.90 Å². The van der Waals surface area contributed by atoms with Crippen molar-refractivity contribution in [2.75, 3.05) is 18.1 Å². The topological polar surface area (TPSA) is 72.4 Å². The van der Waals surface area contributed by atoms with Crippen LogP contribution in [0.15, 0.2) is 29.9 Å². The van der Waals surface area contributed by atoms with E-state index in [2.05, 4.69) is 9.97 Å². The number of fused-ring (bicyclic) bond motifs is 1. The first-order valence-electron chi connectivity index (χ1n) is 6.55. The van der Waals surface area contributed by atoms with Crippen molar-refractivity contribution in [2.45, 2.75) is 6.92 Å². The highest BCUT2D eigenvalue weighted by Gasteiger charge is 2.39. The van der Waals surface area contributed by atoms with Crippen LogP contribution in [0.4, 0.5) is 10.9 Å². The predicted octanol–water partition coefficient (Wildman–Crippen LogP) is 2.05. The number of ketones is 1. The number of rotatable bonds is 3. The Morgan fingerprint density at radius 2 is 2.33 bits per heavy atom. The molecule has 0 N–H and O–H groups in total. The maximum Gasteiger partial charge on any atom is 0.318 e. The summed E-state index contributed by atoms with van der Waals surface area (Å²) in [6, 6.07) is 3.36. The molecule has 108 valence electrons. The molecular formula is C14H13N3O3S. The molecule has 7 heteroatoms. The van der Waals surface area contributed by atoms with Crippen molar-refractivity contribution in [1.29, 1.82) is 0 Å². The van der Waals surface area contributed by atoms with Gasteiger partial charge in [-0.2, -0.15) is 0 Å². The Balaban J connectivity index is 2.04. The molecule has 0 aromatic carbocycles. The second kappa shape index (κ2) is 5.61. The molecule has 3 rings (SSSR count). The van der Waals surface area contributed by atoms with Crippen LogP contribution in [0.25, 0.3) is 0 Å². The fraction of sp³-hybridized carbons (Fsp3) is 0.286. The average Bonchev–Trinajstić information content (AvgIpc) is 3.02. The van der Waals surface area contributed by atoms with E-state index >= 15 is 0 Å². The normalized spacial score (nSPS) is 17.5. The van der Waals surface area contributed by atoms with Crippen molar-refractivity contribution in [3.63, 3.8) is 0 Å². The van der Waals surface area contributed by atoms with Gasteiger partial charge in [-0.05, 0) is 19.1 Å². The minimum atomic E-state index is -0.842. The molecule has 0 fully saturated rings. The highest BCUT2D eigenvalue weighted by molar-refractivity contribution is 7.13. The molecule has 21 heavy (non-hydrogen) atoms. The van der Waals surface area contributed by atoms with Crippen molar-refractivity contribution in [1.82, 2.24) is 9.97 Å². The fourth-order valence-corrected chi connectivity index (χ4v) is 2.94. The first kappa shape index (κ1) is 13.7. The van der Waals surface area contributed by atoms with Crippen LogP contribution in [0.5, 0.6) is 0 Å². The summed E-state index contributed by atoms with van der Waals surface area (Å²) in [6.07, 6.45) is 3.30. The Morgan fingerprint density at radius 1 is 1.48 bits per heavy atom. The summed E-state index contributed by atoms with van der Waals surface area (Å²) < 4.78 is 5.01. The molecule has 2 aromatic heterocycles. The van der Waals surface area contributed by atoms with E-state index in [-0.39, 0.29) is 18.9 Å². The number of thiazole rings is 1. The standard InChI is InChI=1S/C14H13N3O3S/c1-2-20-13(19)10-8-17(14-16-6-7-21-14)12-9(11(10)18)4-3-5-15-12/h3-7,10H,2,8H2,1H3. The Labute approximate surface area is 125 Å². The third-order valence-corrected chi connectivity index (χ3v) is 4.01. The summed E-state index contributed by atoms with van der Waals surface area (Å²) in [6.45, 7) is 2.17. The molecule has 1 atom stereocenters. The number of pyridine rings is 1. The lowest BCUT2D eigenvalue weighted by Gasteiger charge is -2.31. The zero-order valence-corrected chi connectivity index (χ0v) is 12.2. The summed E-state index contributed by atoms with van der Waals surface area (Å²) in [5.41, 5.74) is 0.428. The van der Waals surface area contributed by atoms with Gasteiger partial charge >= 0.3 is 5.97 Å². The van der Waals surface area contributed by atoms with E-state index in [0.717, 1.165) is 0 Å². The highest BCUT2D eigenvalue weighted by Crippen LogP contribution is 2.34. The second-order valence-electron chi connectivity index (χ2n) is 4.47. The number of carbonyl (C=O) groups excluding carboxylic acids is 2. The molecule has 6 nitrogen and oxygen atoms in total. The van der Waals surface area contributed by atoms with Gasteiger partial charge in [-0.15, -0.1) is 11.3 Å². The van der Waals surface area contributed by atoms with E-state index in [1.54, 1.807) is 36.4 Å². The van der Waals surface area contributed by atoms with E-state index in [4.69, 9.17) is 4.74 Å². The van der Waals surface area contributed by atoms with Gasteiger partial charge in [0.15, 0.2) is 10.9 Å². The molecule has 0 radical (unpaired) electrons. The molecule has 1 aliphatic rings. The number of ether oxygens (including phenoxy) is 1. The number of hydrogen-bond acceptors (Lipinski definition) is 7. The van der Waals surface area contributed by atoms with E-state index in [1.807, 2.05) is 5.38 Å². The SMILES string of the molecule is CCOC(=O)C1CN(c2nccs2)c2ncccc2C1=O. The minimum Gasteiger partial charge on any atom is -0.465 e. The van der Waals surface area contributed by atoms with Gasteiger partial charge in [0.25, 0.3) is 0 Å². The van der Waals surface area contributed by atoms with E-state index in [1.165, 1.54) is 11.3 Å². The molecule has 0 amide bonds. The first-order valence-corrected chi connectivity index (χ1v) is 7.43. The van der Waals surface area contributed by atoms with Gasteiger partial charge < -0.3 is 9.64 Å². The Kier molecular flexibility index (Phi) is 3.66. The zero-order chi connectivity index (χ0) is 14.8. The minimum absolute atomic E-state index is 0.204. The highest BCUT2D eigenvalue weighted by atomic mass is 32.1. The second-order valence-corrected chi connectivity index (χ2v) is 5.34. The van der Waals surface area contributed by atoms with E-state index in [9.17, 15) is 9.59 Å². The number of aromatic nitrogens is 2. The van der Waals surface area contributed by atoms with Gasteiger partial charge in [-0.3, -0.25) is 9.59 Å². The summed E-state index contributed by atoms with van der Waals surface area (Å²) in [7, 11) is 0. The lowest BCUT2D eigenvalue weighted by molar-refractivity contribution is -0.145. The van der Waals surface area contributed by atoms with Gasteiger partial charge in [-0.25, -0.2) is 9.97 Å². The first-order chi connectivity index (χ1) is 10.2. The number of Topliss-reactive ketones (excluding diaryl/α,β-unsaturated/α-hetero) is 1. The summed E-state index contributed by atoms with van der Waals surface area (Å²) in [5.74, 6) is -1.05. The maximum absolute atomic E-state index is 12.5. The summed E-state index contributed by atoms with van der Waals surface area (Å²) in [4.78, 5) is 34.8. The molecule has 3 heterocycles. The molecule has 0 spiro atoms. The molecule has 1 unspecified atom stereocenters. The third-order valence-electron chi connectivity index (χ3n) is 3.21. The van der Waals surface area contributed by atoms with Gasteiger partial charge in [0.05, 0.1) is 12.2 Å².